The summed E-state index contributed by atoms with van der Waals surface area (Å²) in [5.74, 6) is 0. The van der Waals surface area contributed by atoms with Gasteiger partial charge in [-0.1, -0.05) is 113 Å². The first kappa shape index (κ1) is 23.9. The van der Waals surface area contributed by atoms with E-state index in [4.69, 9.17) is 6.57 Å². The lowest BCUT2D eigenvalue weighted by Crippen LogP contribution is -2.28. The van der Waals surface area contributed by atoms with Gasteiger partial charge in [-0.3, -0.25) is 0 Å². The van der Waals surface area contributed by atoms with Crippen LogP contribution in [-0.2, 0) is 5.41 Å². The minimum atomic E-state index is -0.456. The Morgan fingerprint density at radius 1 is 0.561 bits per heavy atom. The zero-order valence-corrected chi connectivity index (χ0v) is 23.6. The molecule has 8 rings (SSSR count). The van der Waals surface area contributed by atoms with E-state index < -0.39 is 5.41 Å². The van der Waals surface area contributed by atoms with Crippen LogP contribution in [-0.4, -0.2) is 4.57 Å². The minimum absolute atomic E-state index is 0.456. The molecule has 1 aromatic heterocycles. The largest absolute Gasteiger partial charge is 0.309 e. The Hall–Kier alpha value is -4.91. The van der Waals surface area contributed by atoms with Gasteiger partial charge in [0.25, 0.3) is 0 Å². The second kappa shape index (κ2) is 9.06. The van der Waals surface area contributed by atoms with Gasteiger partial charge in [0.05, 0.1) is 23.0 Å². The number of aromatic nitrogens is 1. The van der Waals surface area contributed by atoms with E-state index in [0.29, 0.717) is 5.69 Å². The Bertz CT molecular complexity index is 2120. The minimum Gasteiger partial charge on any atom is -0.309 e. The Morgan fingerprint density at radius 2 is 1.15 bits per heavy atom. The molecule has 0 spiro atoms. The second-order valence-corrected chi connectivity index (χ2v) is 11.5. The van der Waals surface area contributed by atoms with E-state index in [9.17, 15) is 0 Å². The molecule has 3 heteroatoms. The van der Waals surface area contributed by atoms with Gasteiger partial charge in [0.2, 0.25) is 0 Å². The summed E-state index contributed by atoms with van der Waals surface area (Å²) in [5.41, 5.74) is 11.2. The van der Waals surface area contributed by atoms with Crippen molar-refractivity contribution >= 4 is 43.4 Å². The van der Waals surface area contributed by atoms with Crippen LogP contribution in [0.5, 0.6) is 0 Å². The van der Waals surface area contributed by atoms with E-state index in [1.54, 1.807) is 0 Å². The smallest absolute Gasteiger partial charge is 0.187 e. The van der Waals surface area contributed by atoms with Gasteiger partial charge < -0.3 is 4.57 Å². The summed E-state index contributed by atoms with van der Waals surface area (Å²) in [7, 11) is 0. The van der Waals surface area contributed by atoms with E-state index in [1.807, 2.05) is 24.3 Å². The van der Waals surface area contributed by atoms with Gasteiger partial charge >= 0.3 is 0 Å². The van der Waals surface area contributed by atoms with Crippen molar-refractivity contribution in [2.24, 2.45) is 0 Å². The first-order valence-corrected chi connectivity index (χ1v) is 14.5. The lowest BCUT2D eigenvalue weighted by atomic mass is 9.67. The van der Waals surface area contributed by atoms with Crippen molar-refractivity contribution in [1.29, 1.82) is 0 Å². The van der Waals surface area contributed by atoms with E-state index in [2.05, 4.69) is 141 Å². The first-order chi connectivity index (χ1) is 20.2. The molecule has 1 aliphatic rings. The van der Waals surface area contributed by atoms with Crippen molar-refractivity contribution < 1.29 is 0 Å². The maximum atomic E-state index is 7.38. The molecule has 0 N–H and O–H groups in total. The number of fused-ring (bicyclic) bond motifs is 6. The fraction of sp³-hybridized carbons (Fsp3) is 0.0263. The molecule has 6 aromatic carbocycles. The zero-order valence-electron chi connectivity index (χ0n) is 22.1. The molecule has 0 radical (unpaired) electrons. The van der Waals surface area contributed by atoms with Gasteiger partial charge in [0, 0.05) is 20.9 Å². The number of hydrogen-bond acceptors (Lipinski definition) is 0. The van der Waals surface area contributed by atoms with Crippen LogP contribution < -0.4 is 0 Å². The Balaban J connectivity index is 1.48. The van der Waals surface area contributed by atoms with Crippen molar-refractivity contribution in [2.75, 3.05) is 0 Å². The molecule has 0 atom stereocenters. The van der Waals surface area contributed by atoms with Crippen molar-refractivity contribution in [3.63, 3.8) is 0 Å². The summed E-state index contributed by atoms with van der Waals surface area (Å²) in [6.45, 7) is 7.38. The monoisotopic (exact) mass is 586 g/mol. The van der Waals surface area contributed by atoms with Crippen LogP contribution >= 0.6 is 15.9 Å². The fourth-order valence-corrected chi connectivity index (χ4v) is 7.15. The lowest BCUT2D eigenvalue weighted by molar-refractivity contribution is 0.769. The highest BCUT2D eigenvalue weighted by molar-refractivity contribution is 9.10. The molecule has 1 aliphatic carbocycles. The molecule has 0 saturated carbocycles. The molecule has 2 nitrogen and oxygen atoms in total. The summed E-state index contributed by atoms with van der Waals surface area (Å²) in [4.78, 5) is 3.59. The summed E-state index contributed by atoms with van der Waals surface area (Å²) >= 11 is 3.67. The van der Waals surface area contributed by atoms with Crippen LogP contribution in [0.2, 0.25) is 0 Å². The van der Waals surface area contributed by atoms with Gasteiger partial charge in [-0.2, -0.15) is 0 Å². The molecular weight excluding hydrogens is 564 g/mol. The van der Waals surface area contributed by atoms with Crippen molar-refractivity contribution in [2.45, 2.75) is 5.41 Å². The third kappa shape index (κ3) is 3.35. The van der Waals surface area contributed by atoms with Crippen LogP contribution in [0.25, 0.3) is 43.5 Å². The molecule has 0 aliphatic heterocycles. The predicted molar refractivity (Wildman–Crippen MR) is 172 cm³/mol. The van der Waals surface area contributed by atoms with Gasteiger partial charge in [-0.05, 0) is 75.8 Å². The second-order valence-electron chi connectivity index (χ2n) is 10.6. The zero-order chi connectivity index (χ0) is 27.6. The summed E-state index contributed by atoms with van der Waals surface area (Å²) in [6, 6.07) is 50.0. The maximum Gasteiger partial charge on any atom is 0.187 e. The van der Waals surface area contributed by atoms with E-state index in [1.165, 1.54) is 44.2 Å². The van der Waals surface area contributed by atoms with E-state index in [-0.39, 0.29) is 0 Å². The molecule has 192 valence electrons. The molecule has 41 heavy (non-hydrogen) atoms. The van der Waals surface area contributed by atoms with E-state index in [0.717, 1.165) is 21.2 Å². The highest BCUT2D eigenvalue weighted by Gasteiger charge is 2.46. The number of benzene rings is 6. The number of halogens is 1. The van der Waals surface area contributed by atoms with Gasteiger partial charge in [-0.15, -0.1) is 0 Å². The van der Waals surface area contributed by atoms with Crippen LogP contribution in [0.15, 0.2) is 144 Å². The number of nitrogens with zero attached hydrogens (tertiary/aromatic N) is 2. The molecule has 0 amide bonds. The number of hydrogen-bond donors (Lipinski definition) is 0. The third-order valence-corrected chi connectivity index (χ3v) is 9.10. The molecule has 0 fully saturated rings. The van der Waals surface area contributed by atoms with Gasteiger partial charge in [0.15, 0.2) is 5.69 Å². The van der Waals surface area contributed by atoms with Crippen molar-refractivity contribution in [3.8, 4) is 16.8 Å². The highest BCUT2D eigenvalue weighted by atomic mass is 79.9. The Kier molecular flexibility index (Phi) is 5.29. The van der Waals surface area contributed by atoms with Crippen molar-refractivity contribution in [1.82, 2.24) is 4.57 Å². The first-order valence-electron chi connectivity index (χ1n) is 13.7. The molecule has 0 bridgehead atoms. The molecular formula is C38H23BrN2. The van der Waals surface area contributed by atoms with Crippen LogP contribution in [0.4, 0.5) is 5.69 Å². The topological polar surface area (TPSA) is 9.29 Å². The predicted octanol–water partition coefficient (Wildman–Crippen LogP) is 10.5. The summed E-state index contributed by atoms with van der Waals surface area (Å²) in [6.07, 6.45) is 0. The van der Waals surface area contributed by atoms with Crippen LogP contribution in [0.1, 0.15) is 22.3 Å². The standard InChI is InChI=1S/C38H23BrN2/c1-40-28-19-21-29(22-20-28)41-36-13-7-4-10-32(36)33-24-26(16-23-37(33)41)38(25-14-17-27(39)18-15-25)34-11-5-2-8-30(34)31-9-3-6-12-35(31)38/h2-24H. The molecule has 0 saturated heterocycles. The average molecular weight is 588 g/mol. The lowest BCUT2D eigenvalue weighted by Gasteiger charge is -2.34. The molecule has 1 heterocycles. The van der Waals surface area contributed by atoms with Crippen LogP contribution in [0, 0.1) is 6.57 Å². The van der Waals surface area contributed by atoms with Crippen molar-refractivity contribution in [3.05, 3.63) is 178 Å². The molecule has 7 aromatic rings. The number of rotatable bonds is 3. The molecule has 0 unspecified atom stereocenters. The van der Waals surface area contributed by atoms with Crippen LogP contribution in [0.3, 0.4) is 0 Å². The Morgan fingerprint density at radius 3 is 1.83 bits per heavy atom. The highest BCUT2D eigenvalue weighted by Crippen LogP contribution is 2.56. The van der Waals surface area contributed by atoms with Gasteiger partial charge in [-0.25, -0.2) is 4.85 Å². The quantitative estimate of drug-likeness (QED) is 0.182. The normalized spacial score (nSPS) is 13.2. The van der Waals surface area contributed by atoms with Gasteiger partial charge in [0.1, 0.15) is 0 Å². The third-order valence-electron chi connectivity index (χ3n) is 8.57. The summed E-state index contributed by atoms with van der Waals surface area (Å²) in [5, 5.41) is 2.43. The average Bonchev–Trinajstić information content (AvgIpc) is 3.52. The van der Waals surface area contributed by atoms with E-state index >= 15 is 0 Å². The SMILES string of the molecule is [C-]#[N+]c1ccc(-n2c3ccccc3c3cc(C4(c5ccc(Br)cc5)c5ccccc5-c5ccccc54)ccc32)cc1. The Labute approximate surface area is 247 Å². The maximum absolute atomic E-state index is 7.38. The summed E-state index contributed by atoms with van der Waals surface area (Å²) < 4.78 is 3.38. The fourth-order valence-electron chi connectivity index (χ4n) is 6.88. The number of para-hydroxylation sites is 1.